The van der Waals surface area contributed by atoms with E-state index in [2.05, 4.69) is 0 Å². The van der Waals surface area contributed by atoms with Gasteiger partial charge in [0.1, 0.15) is 5.92 Å². The van der Waals surface area contributed by atoms with E-state index in [1.165, 1.54) is 12.0 Å². The number of aliphatic carboxylic acids is 1. The van der Waals surface area contributed by atoms with Gasteiger partial charge in [0.05, 0.1) is 7.11 Å². The van der Waals surface area contributed by atoms with Crippen LogP contribution < -0.4 is 14.4 Å². The lowest BCUT2D eigenvalue weighted by Gasteiger charge is -2.18. The highest BCUT2D eigenvalue weighted by Crippen LogP contribution is 2.36. The summed E-state index contributed by atoms with van der Waals surface area (Å²) in [5.74, 6) is -0.918. The van der Waals surface area contributed by atoms with Crippen molar-refractivity contribution in [3.63, 3.8) is 0 Å². The van der Waals surface area contributed by atoms with Gasteiger partial charge in [-0.15, -0.1) is 0 Å². The molecule has 2 aromatic rings. The van der Waals surface area contributed by atoms with Crippen molar-refractivity contribution in [1.82, 2.24) is 0 Å². The van der Waals surface area contributed by atoms with Gasteiger partial charge in [-0.2, -0.15) is 0 Å². The first-order valence-electron chi connectivity index (χ1n) is 7.91. The molecule has 1 amide bonds. The number of carbonyl (C=O) groups is 2. The van der Waals surface area contributed by atoms with E-state index in [0.29, 0.717) is 22.7 Å². The normalized spacial score (nSPS) is 15.6. The summed E-state index contributed by atoms with van der Waals surface area (Å²) >= 11 is 0. The Hall–Kier alpha value is -3.02. The van der Waals surface area contributed by atoms with Gasteiger partial charge in [-0.1, -0.05) is 24.3 Å². The minimum Gasteiger partial charge on any atom is -0.493 e. The van der Waals surface area contributed by atoms with E-state index < -0.39 is 11.9 Å². The molecule has 0 radical (unpaired) electrons. The van der Waals surface area contributed by atoms with E-state index in [1.54, 1.807) is 30.3 Å². The summed E-state index contributed by atoms with van der Waals surface area (Å²) in [7, 11) is 1.54. The molecule has 0 spiro atoms. The first kappa shape index (κ1) is 16.8. The Morgan fingerprint density at radius 1 is 1.20 bits per heavy atom. The number of carbonyl (C=O) groups excluding carboxylic acids is 1. The third-order valence-electron chi connectivity index (χ3n) is 4.24. The molecule has 130 valence electrons. The molecular formula is C19H19NO5. The predicted octanol–water partition coefficient (Wildman–Crippen LogP) is 2.60. The van der Waals surface area contributed by atoms with E-state index >= 15 is 0 Å². The van der Waals surface area contributed by atoms with E-state index in [0.717, 1.165) is 5.56 Å². The molecule has 6 heteroatoms. The monoisotopic (exact) mass is 341 g/mol. The average molecular weight is 341 g/mol. The zero-order chi connectivity index (χ0) is 18.0. The quantitative estimate of drug-likeness (QED) is 0.905. The molecule has 25 heavy (non-hydrogen) atoms. The first-order valence-corrected chi connectivity index (χ1v) is 7.91. The van der Waals surface area contributed by atoms with Crippen LogP contribution in [0, 0.1) is 6.92 Å². The molecule has 1 aliphatic heterocycles. The number of ether oxygens (including phenoxy) is 2. The Bertz CT molecular complexity index is 817. The first-order chi connectivity index (χ1) is 12.0. The van der Waals surface area contributed by atoms with Crippen molar-refractivity contribution >= 4 is 17.6 Å². The fraction of sp³-hybridized carbons (Fsp3) is 0.263. The molecule has 0 aliphatic carbocycles. The summed E-state index contributed by atoms with van der Waals surface area (Å²) in [5.41, 5.74) is 2.30. The standard InChI is InChI=1S/C19H19NO5/c1-12-7-8-16(17(9-12)24-2)25-11-18(21)20-10-14(19(22)23)13-5-3-4-6-15(13)20/h3-9,14H,10-11H2,1-2H3,(H,22,23)/t14-/m0/s1. The van der Waals surface area contributed by atoms with Gasteiger partial charge in [0, 0.05) is 12.2 Å². The average Bonchev–Trinajstić information content (AvgIpc) is 3.00. The van der Waals surface area contributed by atoms with Gasteiger partial charge < -0.3 is 19.5 Å². The zero-order valence-electron chi connectivity index (χ0n) is 14.1. The van der Waals surface area contributed by atoms with Crippen LogP contribution in [0.5, 0.6) is 11.5 Å². The van der Waals surface area contributed by atoms with Gasteiger partial charge >= 0.3 is 5.97 Å². The molecule has 1 heterocycles. The molecule has 0 saturated heterocycles. The van der Waals surface area contributed by atoms with E-state index in [-0.39, 0.29) is 19.1 Å². The van der Waals surface area contributed by atoms with Crippen molar-refractivity contribution in [2.75, 3.05) is 25.2 Å². The van der Waals surface area contributed by atoms with Gasteiger partial charge in [0.15, 0.2) is 18.1 Å². The molecule has 0 unspecified atom stereocenters. The molecule has 1 aliphatic rings. The van der Waals surface area contributed by atoms with Crippen LogP contribution in [-0.4, -0.2) is 37.2 Å². The fourth-order valence-corrected chi connectivity index (χ4v) is 2.97. The maximum Gasteiger partial charge on any atom is 0.312 e. The van der Waals surface area contributed by atoms with E-state index in [1.807, 2.05) is 19.1 Å². The fourth-order valence-electron chi connectivity index (χ4n) is 2.97. The Morgan fingerprint density at radius 3 is 2.68 bits per heavy atom. The zero-order valence-corrected chi connectivity index (χ0v) is 14.1. The van der Waals surface area contributed by atoms with Gasteiger partial charge in [0.2, 0.25) is 0 Å². The van der Waals surface area contributed by atoms with Crippen molar-refractivity contribution in [2.24, 2.45) is 0 Å². The van der Waals surface area contributed by atoms with Crippen LogP contribution in [0.2, 0.25) is 0 Å². The Kier molecular flexibility index (Phi) is 4.61. The maximum atomic E-state index is 12.6. The summed E-state index contributed by atoms with van der Waals surface area (Å²) < 4.78 is 10.9. The van der Waals surface area contributed by atoms with E-state index in [9.17, 15) is 14.7 Å². The molecule has 6 nitrogen and oxygen atoms in total. The Balaban J connectivity index is 1.75. The van der Waals surface area contributed by atoms with Crippen LogP contribution in [0.4, 0.5) is 5.69 Å². The van der Waals surface area contributed by atoms with Crippen molar-refractivity contribution in [3.8, 4) is 11.5 Å². The summed E-state index contributed by atoms with van der Waals surface area (Å²) in [6, 6.07) is 12.5. The highest BCUT2D eigenvalue weighted by molar-refractivity contribution is 5.99. The minimum atomic E-state index is -0.941. The number of hydrogen-bond donors (Lipinski definition) is 1. The lowest BCUT2D eigenvalue weighted by molar-refractivity contribution is -0.138. The van der Waals surface area contributed by atoms with Gasteiger partial charge in [-0.3, -0.25) is 9.59 Å². The van der Waals surface area contributed by atoms with Crippen molar-refractivity contribution in [3.05, 3.63) is 53.6 Å². The number of fused-ring (bicyclic) bond motifs is 1. The number of methoxy groups -OCH3 is 1. The lowest BCUT2D eigenvalue weighted by atomic mass is 10.0. The summed E-state index contributed by atoms with van der Waals surface area (Å²) in [5, 5.41) is 9.38. The summed E-state index contributed by atoms with van der Waals surface area (Å²) in [4.78, 5) is 25.5. The number of amides is 1. The Labute approximate surface area is 145 Å². The molecule has 0 aromatic heterocycles. The number of para-hydroxylation sites is 1. The number of carboxylic acids is 1. The Morgan fingerprint density at radius 2 is 1.96 bits per heavy atom. The topological polar surface area (TPSA) is 76.1 Å². The van der Waals surface area contributed by atoms with Crippen LogP contribution in [-0.2, 0) is 9.59 Å². The van der Waals surface area contributed by atoms with Gasteiger partial charge in [0.25, 0.3) is 5.91 Å². The van der Waals surface area contributed by atoms with Crippen molar-refractivity contribution < 1.29 is 24.2 Å². The molecule has 3 rings (SSSR count). The molecule has 1 N–H and O–H groups in total. The van der Waals surface area contributed by atoms with Crippen LogP contribution >= 0.6 is 0 Å². The molecule has 1 atom stereocenters. The predicted molar refractivity (Wildman–Crippen MR) is 92.4 cm³/mol. The number of anilines is 1. The largest absolute Gasteiger partial charge is 0.493 e. The third-order valence-corrected chi connectivity index (χ3v) is 4.24. The van der Waals surface area contributed by atoms with Gasteiger partial charge in [-0.25, -0.2) is 0 Å². The second-order valence-electron chi connectivity index (χ2n) is 5.90. The van der Waals surface area contributed by atoms with Crippen LogP contribution in [0.15, 0.2) is 42.5 Å². The van der Waals surface area contributed by atoms with Crippen LogP contribution in [0.25, 0.3) is 0 Å². The second kappa shape index (κ2) is 6.84. The van der Waals surface area contributed by atoms with E-state index in [4.69, 9.17) is 9.47 Å². The number of rotatable bonds is 5. The second-order valence-corrected chi connectivity index (χ2v) is 5.90. The SMILES string of the molecule is COc1cc(C)ccc1OCC(=O)N1C[C@H](C(=O)O)c2ccccc21. The van der Waals surface area contributed by atoms with Gasteiger partial charge in [-0.05, 0) is 36.2 Å². The molecule has 0 fully saturated rings. The maximum absolute atomic E-state index is 12.6. The number of benzene rings is 2. The van der Waals surface area contributed by atoms with Crippen LogP contribution in [0.1, 0.15) is 17.0 Å². The van der Waals surface area contributed by atoms with Crippen molar-refractivity contribution in [1.29, 1.82) is 0 Å². The third kappa shape index (κ3) is 3.28. The molecular weight excluding hydrogens is 322 g/mol. The molecule has 2 aromatic carbocycles. The number of nitrogens with zero attached hydrogens (tertiary/aromatic N) is 1. The number of carboxylic acid groups (broad SMARTS) is 1. The van der Waals surface area contributed by atoms with Crippen LogP contribution in [0.3, 0.4) is 0 Å². The summed E-state index contributed by atoms with van der Waals surface area (Å²) in [6.45, 7) is 1.85. The summed E-state index contributed by atoms with van der Waals surface area (Å²) in [6.07, 6.45) is 0. The highest BCUT2D eigenvalue weighted by atomic mass is 16.5. The molecule has 0 bridgehead atoms. The lowest BCUT2D eigenvalue weighted by Crippen LogP contribution is -2.35. The minimum absolute atomic E-state index is 0.113. The molecule has 0 saturated carbocycles. The van der Waals surface area contributed by atoms with Crippen molar-refractivity contribution in [2.45, 2.75) is 12.8 Å². The number of hydrogen-bond acceptors (Lipinski definition) is 4. The smallest absolute Gasteiger partial charge is 0.312 e. The highest BCUT2D eigenvalue weighted by Gasteiger charge is 2.36. The number of aryl methyl sites for hydroxylation is 1.